The first kappa shape index (κ1) is 11.6. The fraction of sp³-hybridized carbons (Fsp3) is 0.909. The van der Waals surface area contributed by atoms with Crippen molar-refractivity contribution in [1.29, 1.82) is 0 Å². The number of rotatable bonds is 3. The normalized spacial score (nSPS) is 28.9. The van der Waals surface area contributed by atoms with Crippen molar-refractivity contribution < 1.29 is 13.6 Å². The third-order valence-electron chi connectivity index (χ3n) is 3.21. The highest BCUT2D eigenvalue weighted by Crippen LogP contribution is 2.34. The summed E-state index contributed by atoms with van der Waals surface area (Å²) in [6, 6.07) is 0. The molecule has 1 rings (SSSR count). The molecule has 0 aromatic carbocycles. The molecule has 14 heavy (non-hydrogen) atoms. The van der Waals surface area contributed by atoms with Crippen molar-refractivity contribution >= 4 is 5.78 Å². The van der Waals surface area contributed by atoms with Crippen LogP contribution in [0.2, 0.25) is 0 Å². The molecular formula is C11H18F2O. The molecule has 2 unspecified atom stereocenters. The van der Waals surface area contributed by atoms with Gasteiger partial charge in [0.1, 0.15) is 5.78 Å². The van der Waals surface area contributed by atoms with Crippen molar-refractivity contribution in [3.05, 3.63) is 0 Å². The lowest BCUT2D eigenvalue weighted by molar-refractivity contribution is -0.127. The molecule has 1 fully saturated rings. The Morgan fingerprint density at radius 2 is 2.07 bits per heavy atom. The summed E-state index contributed by atoms with van der Waals surface area (Å²) < 4.78 is 24.3. The Bertz CT molecular complexity index is 201. The van der Waals surface area contributed by atoms with Crippen LogP contribution in [0.25, 0.3) is 0 Å². The van der Waals surface area contributed by atoms with Gasteiger partial charge in [0.2, 0.25) is 6.43 Å². The second kappa shape index (κ2) is 4.85. The summed E-state index contributed by atoms with van der Waals surface area (Å²) in [5.74, 6) is 0.623. The van der Waals surface area contributed by atoms with Crippen molar-refractivity contribution in [1.82, 2.24) is 0 Å². The van der Waals surface area contributed by atoms with Gasteiger partial charge in [-0.15, -0.1) is 0 Å². The van der Waals surface area contributed by atoms with Gasteiger partial charge in [-0.1, -0.05) is 13.8 Å². The van der Waals surface area contributed by atoms with Crippen LogP contribution in [0.1, 0.15) is 39.5 Å². The zero-order valence-electron chi connectivity index (χ0n) is 8.80. The summed E-state index contributed by atoms with van der Waals surface area (Å²) in [6.45, 7) is 4.19. The number of hydrogen-bond acceptors (Lipinski definition) is 1. The summed E-state index contributed by atoms with van der Waals surface area (Å²) >= 11 is 0. The first-order chi connectivity index (χ1) is 6.50. The molecule has 1 aliphatic rings. The maximum atomic E-state index is 12.2. The molecule has 0 radical (unpaired) electrons. The van der Waals surface area contributed by atoms with Crippen molar-refractivity contribution in [2.75, 3.05) is 0 Å². The molecule has 0 amide bonds. The van der Waals surface area contributed by atoms with Crippen molar-refractivity contribution in [3.8, 4) is 0 Å². The standard InChI is InChI=1S/C11H18F2O/c1-7(2)8-3-4-10(14)9(5-8)6-11(12)13/h7-9,11H,3-6H2,1-2H3. The maximum absolute atomic E-state index is 12.2. The molecule has 0 spiro atoms. The quantitative estimate of drug-likeness (QED) is 0.689. The predicted molar refractivity (Wildman–Crippen MR) is 51.3 cm³/mol. The molecule has 3 heteroatoms. The van der Waals surface area contributed by atoms with E-state index < -0.39 is 6.43 Å². The molecule has 0 aromatic rings. The molecule has 0 saturated heterocycles. The van der Waals surface area contributed by atoms with E-state index in [0.717, 1.165) is 6.42 Å². The van der Waals surface area contributed by atoms with Crippen LogP contribution in [0.4, 0.5) is 8.78 Å². The average Bonchev–Trinajstić information content (AvgIpc) is 2.07. The Morgan fingerprint density at radius 3 is 2.57 bits per heavy atom. The molecule has 0 aliphatic heterocycles. The lowest BCUT2D eigenvalue weighted by Crippen LogP contribution is -2.28. The fourth-order valence-corrected chi connectivity index (χ4v) is 2.19. The summed E-state index contributed by atoms with van der Waals surface area (Å²) in [4.78, 5) is 11.4. The van der Waals surface area contributed by atoms with Crippen LogP contribution < -0.4 is 0 Å². The molecule has 0 aromatic heterocycles. The minimum atomic E-state index is -2.34. The van der Waals surface area contributed by atoms with E-state index in [2.05, 4.69) is 13.8 Å². The molecule has 2 atom stereocenters. The van der Waals surface area contributed by atoms with Crippen LogP contribution in [0, 0.1) is 17.8 Å². The highest BCUT2D eigenvalue weighted by atomic mass is 19.3. The van der Waals surface area contributed by atoms with Crippen LogP contribution in [0.5, 0.6) is 0 Å². The molecule has 1 aliphatic carbocycles. The summed E-state index contributed by atoms with van der Waals surface area (Å²) in [5.41, 5.74) is 0. The lowest BCUT2D eigenvalue weighted by Gasteiger charge is -2.30. The molecule has 82 valence electrons. The first-order valence-corrected chi connectivity index (χ1v) is 5.31. The number of halogens is 2. The third-order valence-corrected chi connectivity index (χ3v) is 3.21. The minimum absolute atomic E-state index is 0.0437. The highest BCUT2D eigenvalue weighted by Gasteiger charge is 2.31. The van der Waals surface area contributed by atoms with E-state index >= 15 is 0 Å². The van der Waals surface area contributed by atoms with Gasteiger partial charge in [0.05, 0.1) is 0 Å². The highest BCUT2D eigenvalue weighted by molar-refractivity contribution is 5.81. The number of ketones is 1. The van der Waals surface area contributed by atoms with Crippen LogP contribution >= 0.6 is 0 Å². The van der Waals surface area contributed by atoms with Gasteiger partial charge in [0.25, 0.3) is 0 Å². The van der Waals surface area contributed by atoms with Crippen LogP contribution in [-0.4, -0.2) is 12.2 Å². The molecule has 0 N–H and O–H groups in total. The summed E-state index contributed by atoms with van der Waals surface area (Å²) in [7, 11) is 0. The van der Waals surface area contributed by atoms with E-state index in [0.29, 0.717) is 24.7 Å². The van der Waals surface area contributed by atoms with Crippen LogP contribution in [0.15, 0.2) is 0 Å². The Hall–Kier alpha value is -0.470. The van der Waals surface area contributed by atoms with Crippen molar-refractivity contribution in [2.24, 2.45) is 17.8 Å². The predicted octanol–water partition coefficient (Wildman–Crippen LogP) is 3.28. The Kier molecular flexibility index (Phi) is 4.02. The minimum Gasteiger partial charge on any atom is -0.299 e. The van der Waals surface area contributed by atoms with Gasteiger partial charge in [-0.3, -0.25) is 4.79 Å². The van der Waals surface area contributed by atoms with Gasteiger partial charge >= 0.3 is 0 Å². The van der Waals surface area contributed by atoms with E-state index in [-0.39, 0.29) is 18.1 Å². The molecule has 1 saturated carbocycles. The SMILES string of the molecule is CC(C)C1CCC(=O)C(CC(F)F)C1. The van der Waals surface area contributed by atoms with E-state index in [1.807, 2.05) is 0 Å². The topological polar surface area (TPSA) is 17.1 Å². The summed E-state index contributed by atoms with van der Waals surface area (Å²) in [5, 5.41) is 0. The van der Waals surface area contributed by atoms with E-state index in [9.17, 15) is 13.6 Å². The number of Topliss-reactive ketones (excluding diaryl/α,β-unsaturated/α-hetero) is 1. The van der Waals surface area contributed by atoms with E-state index in [1.54, 1.807) is 0 Å². The molecule has 0 bridgehead atoms. The number of alkyl halides is 2. The van der Waals surface area contributed by atoms with Crippen LogP contribution in [0.3, 0.4) is 0 Å². The number of carbonyl (C=O) groups excluding carboxylic acids is 1. The van der Waals surface area contributed by atoms with Crippen molar-refractivity contribution in [2.45, 2.75) is 46.0 Å². The molecule has 0 heterocycles. The van der Waals surface area contributed by atoms with Gasteiger partial charge in [0.15, 0.2) is 0 Å². The average molecular weight is 204 g/mol. The second-order valence-corrected chi connectivity index (χ2v) is 4.57. The molecule has 1 nitrogen and oxygen atoms in total. The van der Waals surface area contributed by atoms with Gasteiger partial charge in [0, 0.05) is 18.8 Å². The number of carbonyl (C=O) groups is 1. The first-order valence-electron chi connectivity index (χ1n) is 5.31. The molecular weight excluding hydrogens is 186 g/mol. The maximum Gasteiger partial charge on any atom is 0.239 e. The zero-order valence-corrected chi connectivity index (χ0v) is 8.80. The van der Waals surface area contributed by atoms with E-state index in [1.165, 1.54) is 0 Å². The smallest absolute Gasteiger partial charge is 0.239 e. The Balaban J connectivity index is 2.51. The van der Waals surface area contributed by atoms with Gasteiger partial charge < -0.3 is 0 Å². The second-order valence-electron chi connectivity index (χ2n) is 4.57. The number of hydrogen-bond donors (Lipinski definition) is 0. The third kappa shape index (κ3) is 3.03. The zero-order chi connectivity index (χ0) is 10.7. The summed E-state index contributed by atoms with van der Waals surface area (Å²) in [6.07, 6.45) is -0.519. The largest absolute Gasteiger partial charge is 0.299 e. The van der Waals surface area contributed by atoms with Crippen LogP contribution in [-0.2, 0) is 4.79 Å². The Labute approximate surface area is 83.9 Å². The lowest BCUT2D eigenvalue weighted by atomic mass is 9.74. The fourth-order valence-electron chi connectivity index (χ4n) is 2.19. The Morgan fingerprint density at radius 1 is 1.43 bits per heavy atom. The van der Waals surface area contributed by atoms with Gasteiger partial charge in [-0.25, -0.2) is 8.78 Å². The van der Waals surface area contributed by atoms with Gasteiger partial charge in [-0.2, -0.15) is 0 Å². The van der Waals surface area contributed by atoms with E-state index in [4.69, 9.17) is 0 Å². The monoisotopic (exact) mass is 204 g/mol. The van der Waals surface area contributed by atoms with Crippen molar-refractivity contribution in [3.63, 3.8) is 0 Å². The van der Waals surface area contributed by atoms with Gasteiger partial charge in [-0.05, 0) is 24.7 Å².